The van der Waals surface area contributed by atoms with E-state index in [-0.39, 0.29) is 4.90 Å². The lowest BCUT2D eigenvalue weighted by Gasteiger charge is -2.22. The summed E-state index contributed by atoms with van der Waals surface area (Å²) in [6.45, 7) is 12.3. The van der Waals surface area contributed by atoms with Crippen LogP contribution in [0.2, 0.25) is 0 Å². The largest absolute Gasteiger partial charge is 0.381 e. The van der Waals surface area contributed by atoms with Gasteiger partial charge in [0.1, 0.15) is 0 Å². The second-order valence-electron chi connectivity index (χ2n) is 8.14. The first-order valence-corrected chi connectivity index (χ1v) is 11.2. The first-order valence-electron chi connectivity index (χ1n) is 9.69. The molecular weight excluding hydrogens is 376 g/mol. The van der Waals surface area contributed by atoms with E-state index in [2.05, 4.69) is 34.2 Å². The fourth-order valence-corrected chi connectivity index (χ4v) is 4.13. The Morgan fingerprint density at radius 1 is 1.18 bits per heavy atom. The van der Waals surface area contributed by atoms with Gasteiger partial charge in [-0.2, -0.15) is 0 Å². The van der Waals surface area contributed by atoms with Crippen molar-refractivity contribution < 1.29 is 13.2 Å². The molecule has 0 saturated carbocycles. The number of benzene rings is 1. The van der Waals surface area contributed by atoms with Crippen LogP contribution >= 0.6 is 0 Å². The number of guanidine groups is 1. The smallest absolute Gasteiger partial charge is 0.241 e. The average Bonchev–Trinajstić information content (AvgIpc) is 2.58. The summed E-state index contributed by atoms with van der Waals surface area (Å²) in [5.74, 6) is 1.16. The molecule has 0 bridgehead atoms. The molecule has 1 rings (SSSR count). The van der Waals surface area contributed by atoms with Gasteiger partial charge in [-0.25, -0.2) is 13.1 Å². The van der Waals surface area contributed by atoms with Gasteiger partial charge >= 0.3 is 0 Å². The summed E-state index contributed by atoms with van der Waals surface area (Å²) >= 11 is 0. The number of rotatable bonds is 10. The molecule has 0 aliphatic rings. The van der Waals surface area contributed by atoms with Gasteiger partial charge in [-0.15, -0.1) is 0 Å². The van der Waals surface area contributed by atoms with Crippen LogP contribution in [0.4, 0.5) is 0 Å². The molecule has 0 atom stereocenters. The molecule has 0 amide bonds. The number of nitrogens with zero attached hydrogens (tertiary/aromatic N) is 1. The van der Waals surface area contributed by atoms with Gasteiger partial charge in [0.15, 0.2) is 5.96 Å². The van der Waals surface area contributed by atoms with Crippen LogP contribution < -0.4 is 15.4 Å². The third kappa shape index (κ3) is 9.52. The Morgan fingerprint density at radius 2 is 1.86 bits per heavy atom. The van der Waals surface area contributed by atoms with Crippen molar-refractivity contribution in [2.24, 2.45) is 10.9 Å². The van der Waals surface area contributed by atoms with Crippen molar-refractivity contribution in [1.82, 2.24) is 15.4 Å². The van der Waals surface area contributed by atoms with Crippen LogP contribution in [-0.4, -0.2) is 46.7 Å². The number of hydrogen-bond donors (Lipinski definition) is 3. The molecule has 0 unspecified atom stereocenters. The Morgan fingerprint density at radius 3 is 2.46 bits per heavy atom. The molecule has 1 aromatic carbocycles. The maximum absolute atomic E-state index is 12.7. The third-order valence-corrected chi connectivity index (χ3v) is 5.44. The van der Waals surface area contributed by atoms with Crippen molar-refractivity contribution in [3.8, 4) is 0 Å². The van der Waals surface area contributed by atoms with E-state index in [9.17, 15) is 8.42 Å². The number of hydrogen-bond acceptors (Lipinski definition) is 4. The van der Waals surface area contributed by atoms with Crippen LogP contribution in [0.15, 0.2) is 34.2 Å². The predicted molar refractivity (Wildman–Crippen MR) is 115 cm³/mol. The van der Waals surface area contributed by atoms with E-state index in [1.54, 1.807) is 25.2 Å². The Hall–Kier alpha value is -1.64. The summed E-state index contributed by atoms with van der Waals surface area (Å²) in [6.07, 6.45) is 0.869. The molecule has 8 heteroatoms. The van der Waals surface area contributed by atoms with Crippen molar-refractivity contribution in [2.75, 3.05) is 26.8 Å². The zero-order valence-corrected chi connectivity index (χ0v) is 18.8. The molecule has 0 aliphatic carbocycles. The second kappa shape index (κ2) is 11.4. The van der Waals surface area contributed by atoms with E-state index in [4.69, 9.17) is 4.74 Å². The highest BCUT2D eigenvalue weighted by Gasteiger charge is 2.24. The van der Waals surface area contributed by atoms with Gasteiger partial charge in [-0.05, 0) is 44.7 Å². The van der Waals surface area contributed by atoms with Gasteiger partial charge < -0.3 is 15.4 Å². The van der Waals surface area contributed by atoms with Gasteiger partial charge in [-0.1, -0.05) is 32.0 Å². The van der Waals surface area contributed by atoms with Crippen LogP contribution in [0.5, 0.6) is 0 Å². The molecule has 0 radical (unpaired) electrons. The molecule has 7 nitrogen and oxygen atoms in total. The summed E-state index contributed by atoms with van der Waals surface area (Å²) in [4.78, 5) is 4.46. The molecule has 0 aromatic heterocycles. The minimum Gasteiger partial charge on any atom is -0.381 e. The maximum atomic E-state index is 12.7. The number of nitrogens with one attached hydrogen (secondary N) is 3. The molecule has 0 fully saturated rings. The predicted octanol–water partition coefficient (Wildman–Crippen LogP) is 2.49. The zero-order valence-electron chi connectivity index (χ0n) is 18.0. The molecule has 28 heavy (non-hydrogen) atoms. The van der Waals surface area contributed by atoms with Gasteiger partial charge in [0.25, 0.3) is 0 Å². The molecule has 0 aliphatic heterocycles. The van der Waals surface area contributed by atoms with Gasteiger partial charge in [0.2, 0.25) is 10.0 Å². The normalized spacial score (nSPS) is 13.0. The van der Waals surface area contributed by atoms with E-state index < -0.39 is 15.6 Å². The topological polar surface area (TPSA) is 91.8 Å². The monoisotopic (exact) mass is 412 g/mol. The molecular formula is C20H36N4O3S. The van der Waals surface area contributed by atoms with Crippen molar-refractivity contribution in [1.29, 1.82) is 0 Å². The average molecular weight is 413 g/mol. The van der Waals surface area contributed by atoms with Crippen LogP contribution in [0.1, 0.15) is 46.6 Å². The van der Waals surface area contributed by atoms with E-state index >= 15 is 0 Å². The van der Waals surface area contributed by atoms with Crippen LogP contribution in [0, 0.1) is 5.92 Å². The quantitative estimate of drug-likeness (QED) is 0.312. The van der Waals surface area contributed by atoms with Crippen molar-refractivity contribution in [3.63, 3.8) is 0 Å². The first kappa shape index (κ1) is 24.4. The summed E-state index contributed by atoms with van der Waals surface area (Å²) < 4.78 is 33.7. The van der Waals surface area contributed by atoms with Crippen LogP contribution in [-0.2, 0) is 21.3 Å². The number of sulfonamides is 1. The summed E-state index contributed by atoms with van der Waals surface area (Å²) in [5, 5.41) is 6.39. The molecule has 0 saturated heterocycles. The lowest BCUT2D eigenvalue weighted by atomic mass is 10.1. The zero-order chi connectivity index (χ0) is 21.2. The Kier molecular flexibility index (Phi) is 9.92. The SMILES string of the molecule is CN=C(NCCCOCC(C)C)NCc1ccccc1S(=O)(=O)NC(C)(C)C. The van der Waals surface area contributed by atoms with Crippen LogP contribution in [0.3, 0.4) is 0 Å². The number of aliphatic imine (C=N–C) groups is 1. The second-order valence-corrected chi connectivity index (χ2v) is 9.79. The lowest BCUT2D eigenvalue weighted by Crippen LogP contribution is -2.41. The Labute approximate surface area is 170 Å². The van der Waals surface area contributed by atoms with E-state index in [0.717, 1.165) is 19.6 Å². The van der Waals surface area contributed by atoms with Crippen molar-refractivity contribution in [2.45, 2.75) is 58.0 Å². The lowest BCUT2D eigenvalue weighted by molar-refractivity contribution is 0.108. The fourth-order valence-electron chi connectivity index (χ4n) is 2.47. The van der Waals surface area contributed by atoms with E-state index in [1.807, 2.05) is 26.8 Å². The summed E-state index contributed by atoms with van der Waals surface area (Å²) in [5.41, 5.74) is 0.136. The highest BCUT2D eigenvalue weighted by atomic mass is 32.2. The molecule has 0 heterocycles. The Bertz CT molecular complexity index is 725. The number of ether oxygens (including phenoxy) is 1. The highest BCUT2D eigenvalue weighted by molar-refractivity contribution is 7.89. The summed E-state index contributed by atoms with van der Waals surface area (Å²) in [6, 6.07) is 6.98. The highest BCUT2D eigenvalue weighted by Crippen LogP contribution is 2.17. The van der Waals surface area contributed by atoms with Gasteiger partial charge in [-0.3, -0.25) is 4.99 Å². The Balaban J connectivity index is 2.62. The first-order chi connectivity index (χ1) is 13.0. The molecule has 0 spiro atoms. The van der Waals surface area contributed by atoms with Gasteiger partial charge in [0.05, 0.1) is 4.90 Å². The van der Waals surface area contributed by atoms with E-state index in [1.165, 1.54) is 0 Å². The standard InChI is InChI=1S/C20H36N4O3S/c1-16(2)15-27-13-9-12-22-19(21-6)23-14-17-10-7-8-11-18(17)28(25,26)24-20(3,4)5/h7-8,10-11,16,24H,9,12-15H2,1-6H3,(H2,21,22,23). The van der Waals surface area contributed by atoms with Crippen molar-refractivity contribution >= 4 is 16.0 Å². The van der Waals surface area contributed by atoms with E-state index in [0.29, 0.717) is 30.6 Å². The maximum Gasteiger partial charge on any atom is 0.241 e. The molecule has 3 N–H and O–H groups in total. The van der Waals surface area contributed by atoms with Gasteiger partial charge in [0, 0.05) is 38.9 Å². The minimum atomic E-state index is -3.60. The fraction of sp³-hybridized carbons (Fsp3) is 0.650. The van der Waals surface area contributed by atoms with Crippen molar-refractivity contribution in [3.05, 3.63) is 29.8 Å². The molecule has 160 valence electrons. The third-order valence-electron chi connectivity index (χ3n) is 3.58. The minimum absolute atomic E-state index is 0.273. The van der Waals surface area contributed by atoms with Crippen LogP contribution in [0.25, 0.3) is 0 Å². The molecule has 1 aromatic rings. The summed E-state index contributed by atoms with van der Waals surface area (Å²) in [7, 11) is -1.92.